The number of nitrogens with zero attached hydrogens (tertiary/aromatic N) is 2. The molecule has 0 bridgehead atoms. The molecule has 1 N–H and O–H groups in total. The Hall–Kier alpha value is -2.69. The molecule has 7 heteroatoms. The van der Waals surface area contributed by atoms with Gasteiger partial charge < -0.3 is 4.90 Å². The number of carbonyl (C=O) groups is 1. The molecule has 0 aromatic heterocycles. The van der Waals surface area contributed by atoms with E-state index in [0.717, 1.165) is 12.0 Å². The van der Waals surface area contributed by atoms with Crippen LogP contribution in [0.2, 0.25) is 0 Å². The van der Waals surface area contributed by atoms with E-state index in [9.17, 15) is 13.2 Å². The Labute approximate surface area is 160 Å². The van der Waals surface area contributed by atoms with Gasteiger partial charge >= 0.3 is 0 Å². The largest absolute Gasteiger partial charge is 0.337 e. The van der Waals surface area contributed by atoms with E-state index >= 15 is 0 Å². The lowest BCUT2D eigenvalue weighted by molar-refractivity contribution is 0.0785. The van der Waals surface area contributed by atoms with Crippen LogP contribution in [0.4, 0.5) is 0 Å². The molecule has 0 saturated heterocycles. The van der Waals surface area contributed by atoms with E-state index in [0.29, 0.717) is 12.1 Å². The van der Waals surface area contributed by atoms with Crippen molar-refractivity contribution in [2.24, 2.45) is 0 Å². The summed E-state index contributed by atoms with van der Waals surface area (Å²) in [6.45, 7) is 2.62. The lowest BCUT2D eigenvalue weighted by atomic mass is 10.1. The maximum absolute atomic E-state index is 12.6. The van der Waals surface area contributed by atoms with E-state index in [1.807, 2.05) is 30.3 Å². The van der Waals surface area contributed by atoms with Crippen LogP contribution in [-0.4, -0.2) is 32.8 Å². The molecule has 27 heavy (non-hydrogen) atoms. The number of benzene rings is 2. The minimum atomic E-state index is -3.68. The van der Waals surface area contributed by atoms with E-state index in [-0.39, 0.29) is 23.8 Å². The number of hydrogen-bond acceptors (Lipinski definition) is 4. The van der Waals surface area contributed by atoms with Crippen molar-refractivity contribution in [2.45, 2.75) is 31.2 Å². The first kappa shape index (κ1) is 20.6. The smallest absolute Gasteiger partial charge is 0.253 e. The third-order valence-corrected chi connectivity index (χ3v) is 5.62. The minimum absolute atomic E-state index is 0.0546. The van der Waals surface area contributed by atoms with Crippen LogP contribution in [-0.2, 0) is 23.0 Å². The van der Waals surface area contributed by atoms with Crippen molar-refractivity contribution in [1.82, 2.24) is 9.62 Å². The third-order valence-electron chi connectivity index (χ3n) is 4.14. The summed E-state index contributed by atoms with van der Waals surface area (Å²) in [7, 11) is -1.96. The molecule has 0 unspecified atom stereocenters. The molecule has 0 aliphatic rings. The first-order valence-electron chi connectivity index (χ1n) is 8.67. The van der Waals surface area contributed by atoms with Crippen molar-refractivity contribution in [1.29, 1.82) is 5.26 Å². The average molecular weight is 385 g/mol. The molecule has 2 aromatic carbocycles. The molecule has 1 amide bonds. The number of sulfonamides is 1. The molecular weight excluding hydrogens is 362 g/mol. The summed E-state index contributed by atoms with van der Waals surface area (Å²) in [5, 5.41) is 8.49. The Balaban J connectivity index is 2.04. The molecule has 0 saturated carbocycles. The second kappa shape index (κ2) is 9.31. The van der Waals surface area contributed by atoms with Crippen molar-refractivity contribution >= 4 is 15.9 Å². The van der Waals surface area contributed by atoms with Gasteiger partial charge in [0.15, 0.2) is 0 Å². The van der Waals surface area contributed by atoms with E-state index in [1.165, 1.54) is 29.8 Å². The predicted molar refractivity (Wildman–Crippen MR) is 103 cm³/mol. The van der Waals surface area contributed by atoms with Gasteiger partial charge in [-0.25, -0.2) is 13.1 Å². The molecule has 0 aliphatic carbocycles. The fraction of sp³-hybridized carbons (Fsp3) is 0.300. The summed E-state index contributed by atoms with van der Waals surface area (Å²) in [5.41, 5.74) is 2.69. The molecule has 0 atom stereocenters. The Morgan fingerprint density at radius 3 is 2.22 bits per heavy atom. The summed E-state index contributed by atoms with van der Waals surface area (Å²) in [4.78, 5) is 14.2. The number of carbonyl (C=O) groups excluding carboxylic acids is 1. The van der Waals surface area contributed by atoms with E-state index in [4.69, 9.17) is 5.26 Å². The number of amides is 1. The summed E-state index contributed by atoms with van der Waals surface area (Å²) in [6.07, 6.45) is 1.06. The highest BCUT2D eigenvalue weighted by Gasteiger charge is 2.16. The van der Waals surface area contributed by atoms with E-state index in [2.05, 4.69) is 11.6 Å². The first-order valence-corrected chi connectivity index (χ1v) is 10.2. The lowest BCUT2D eigenvalue weighted by Crippen LogP contribution is -2.27. The highest BCUT2D eigenvalue weighted by Crippen LogP contribution is 2.14. The highest BCUT2D eigenvalue weighted by atomic mass is 32.2. The summed E-state index contributed by atoms with van der Waals surface area (Å²) in [5.74, 6) is -0.184. The van der Waals surface area contributed by atoms with Gasteiger partial charge in [-0.05, 0) is 41.8 Å². The molecule has 6 nitrogen and oxygen atoms in total. The maximum atomic E-state index is 12.6. The van der Waals surface area contributed by atoms with Crippen LogP contribution < -0.4 is 4.72 Å². The van der Waals surface area contributed by atoms with Crippen LogP contribution in [0.1, 0.15) is 34.8 Å². The van der Waals surface area contributed by atoms with Crippen LogP contribution in [0.5, 0.6) is 0 Å². The topological polar surface area (TPSA) is 90.3 Å². The zero-order valence-corrected chi connectivity index (χ0v) is 16.3. The summed E-state index contributed by atoms with van der Waals surface area (Å²) in [6, 6.07) is 15.8. The van der Waals surface area contributed by atoms with Crippen molar-refractivity contribution in [3.8, 4) is 6.07 Å². The molecule has 0 radical (unpaired) electrons. The molecule has 2 rings (SSSR count). The van der Waals surface area contributed by atoms with Gasteiger partial charge in [0.05, 0.1) is 11.0 Å². The van der Waals surface area contributed by atoms with Crippen LogP contribution >= 0.6 is 0 Å². The minimum Gasteiger partial charge on any atom is -0.337 e. The van der Waals surface area contributed by atoms with E-state index in [1.54, 1.807) is 11.9 Å². The Morgan fingerprint density at radius 1 is 1.07 bits per heavy atom. The molecular formula is C20H23N3O3S. The zero-order chi connectivity index (χ0) is 19.9. The number of aryl methyl sites for hydroxylation is 1. The van der Waals surface area contributed by atoms with Gasteiger partial charge in [-0.3, -0.25) is 4.79 Å². The van der Waals surface area contributed by atoms with Crippen molar-refractivity contribution in [3.63, 3.8) is 0 Å². The molecule has 0 heterocycles. The zero-order valence-electron chi connectivity index (χ0n) is 15.5. The summed E-state index contributed by atoms with van der Waals surface area (Å²) < 4.78 is 26.5. The third kappa shape index (κ3) is 5.64. The number of nitrogens with one attached hydrogen (secondary N) is 1. The second-order valence-corrected chi connectivity index (χ2v) is 7.93. The van der Waals surface area contributed by atoms with Crippen LogP contribution in [0.15, 0.2) is 53.4 Å². The highest BCUT2D eigenvalue weighted by molar-refractivity contribution is 7.89. The molecule has 2 aromatic rings. The van der Waals surface area contributed by atoms with Gasteiger partial charge in [0, 0.05) is 32.1 Å². The van der Waals surface area contributed by atoms with Gasteiger partial charge in [0.25, 0.3) is 5.91 Å². The quantitative estimate of drug-likeness (QED) is 0.708. The lowest BCUT2D eigenvalue weighted by Gasteiger charge is -2.18. The Kier molecular flexibility index (Phi) is 7.11. The normalized spacial score (nSPS) is 11.0. The Morgan fingerprint density at radius 2 is 1.67 bits per heavy atom. The average Bonchev–Trinajstić information content (AvgIpc) is 2.68. The monoisotopic (exact) mass is 385 g/mol. The summed E-state index contributed by atoms with van der Waals surface area (Å²) >= 11 is 0. The molecule has 142 valence electrons. The molecule has 0 aliphatic heterocycles. The van der Waals surface area contributed by atoms with Crippen LogP contribution in [0, 0.1) is 11.3 Å². The van der Waals surface area contributed by atoms with Crippen molar-refractivity contribution in [3.05, 3.63) is 65.2 Å². The van der Waals surface area contributed by atoms with Gasteiger partial charge in [-0.1, -0.05) is 31.2 Å². The number of hydrogen-bond donors (Lipinski definition) is 1. The maximum Gasteiger partial charge on any atom is 0.253 e. The van der Waals surface area contributed by atoms with Crippen LogP contribution in [0.3, 0.4) is 0 Å². The number of rotatable bonds is 8. The van der Waals surface area contributed by atoms with Crippen molar-refractivity contribution in [2.75, 3.05) is 13.6 Å². The fourth-order valence-electron chi connectivity index (χ4n) is 2.55. The first-order chi connectivity index (χ1) is 12.9. The van der Waals surface area contributed by atoms with Crippen LogP contribution in [0.25, 0.3) is 0 Å². The number of nitriles is 1. The van der Waals surface area contributed by atoms with Crippen molar-refractivity contribution < 1.29 is 13.2 Å². The van der Waals surface area contributed by atoms with Gasteiger partial charge in [0.1, 0.15) is 0 Å². The van der Waals surface area contributed by atoms with Gasteiger partial charge in [-0.15, -0.1) is 0 Å². The second-order valence-electron chi connectivity index (χ2n) is 6.16. The van der Waals surface area contributed by atoms with Gasteiger partial charge in [-0.2, -0.15) is 5.26 Å². The molecule has 0 fully saturated rings. The standard InChI is InChI=1S/C20H23N3O3S/c1-3-16-5-7-17(8-6-16)15-23(2)20(24)18-9-11-19(12-10-18)27(25,26)22-14-4-13-21/h5-12,22H,3-4,14-15H2,1-2H3. The Bertz CT molecular complexity index is 914. The SMILES string of the molecule is CCc1ccc(CN(C)C(=O)c2ccc(S(=O)(=O)NCCC#N)cc2)cc1. The predicted octanol–water partition coefficient (Wildman–Crippen LogP) is 2.71. The van der Waals surface area contributed by atoms with E-state index < -0.39 is 10.0 Å². The van der Waals surface area contributed by atoms with Gasteiger partial charge in [0.2, 0.25) is 10.0 Å². The fourth-order valence-corrected chi connectivity index (χ4v) is 3.58. The molecule has 0 spiro atoms.